The van der Waals surface area contributed by atoms with Gasteiger partial charge in [0.15, 0.2) is 0 Å². The molecule has 0 unspecified atom stereocenters. The zero-order valence-corrected chi connectivity index (χ0v) is 15.0. The Morgan fingerprint density at radius 2 is 1.62 bits per heavy atom. The number of hydrogen-bond donors (Lipinski definition) is 1. The van der Waals surface area contributed by atoms with E-state index < -0.39 is 0 Å². The van der Waals surface area contributed by atoms with Gasteiger partial charge >= 0.3 is 0 Å². The van der Waals surface area contributed by atoms with E-state index in [1.54, 1.807) is 0 Å². The molecule has 0 atom stereocenters. The molecule has 0 heterocycles. The number of halogens is 2. The number of carbonyl (C=O) groups is 1. The van der Waals surface area contributed by atoms with E-state index in [4.69, 9.17) is 0 Å². The summed E-state index contributed by atoms with van der Waals surface area (Å²) in [5, 5.41) is 3.35. The maximum Gasteiger partial charge on any atom is 0.252 e. The minimum absolute atomic E-state index is 0.0758. The molecule has 4 fully saturated rings. The van der Waals surface area contributed by atoms with Gasteiger partial charge in [-0.2, -0.15) is 0 Å². The molecule has 2 nitrogen and oxygen atoms in total. The zero-order chi connectivity index (χ0) is 14.6. The van der Waals surface area contributed by atoms with Crippen LogP contribution in [0.1, 0.15) is 42.5 Å². The highest BCUT2D eigenvalue weighted by atomic mass is 79.9. The number of benzene rings is 1. The minimum Gasteiger partial charge on any atom is -0.349 e. The molecule has 1 aromatic carbocycles. The number of carbonyl (C=O) groups excluding carboxylic acids is 1. The first-order valence-electron chi connectivity index (χ1n) is 7.86. The van der Waals surface area contributed by atoms with Crippen LogP contribution in [0.15, 0.2) is 27.1 Å². The Morgan fingerprint density at radius 3 is 2.19 bits per heavy atom. The van der Waals surface area contributed by atoms with Crippen molar-refractivity contribution in [2.45, 2.75) is 38.1 Å². The summed E-state index contributed by atoms with van der Waals surface area (Å²) in [5.74, 6) is 3.41. The molecule has 4 aliphatic rings. The van der Waals surface area contributed by atoms with Crippen LogP contribution in [0.25, 0.3) is 0 Å². The Bertz CT molecular complexity index is 558. The van der Waals surface area contributed by atoms with Gasteiger partial charge in [-0.1, -0.05) is 15.9 Å². The van der Waals surface area contributed by atoms with Gasteiger partial charge in [-0.3, -0.25) is 4.79 Å². The molecule has 0 aromatic heterocycles. The van der Waals surface area contributed by atoms with E-state index in [1.807, 2.05) is 18.2 Å². The highest BCUT2D eigenvalue weighted by Gasteiger charge is 2.48. The van der Waals surface area contributed by atoms with Gasteiger partial charge in [-0.05, 0) is 89.9 Å². The van der Waals surface area contributed by atoms with Crippen molar-refractivity contribution in [3.8, 4) is 0 Å². The van der Waals surface area contributed by atoms with Crippen molar-refractivity contribution in [1.29, 1.82) is 0 Å². The largest absolute Gasteiger partial charge is 0.349 e. The molecule has 0 saturated heterocycles. The summed E-state index contributed by atoms with van der Waals surface area (Å²) >= 11 is 6.93. The van der Waals surface area contributed by atoms with E-state index in [1.165, 1.54) is 32.1 Å². The molecule has 21 heavy (non-hydrogen) atoms. The summed E-state index contributed by atoms with van der Waals surface area (Å²) in [6, 6.07) is 6.16. The topological polar surface area (TPSA) is 29.1 Å². The number of hydrogen-bond acceptors (Lipinski definition) is 1. The van der Waals surface area contributed by atoms with Crippen molar-refractivity contribution < 1.29 is 4.79 Å². The van der Waals surface area contributed by atoms with Gasteiger partial charge in [-0.25, -0.2) is 0 Å². The number of rotatable bonds is 2. The van der Waals surface area contributed by atoms with E-state index in [0.717, 1.165) is 38.2 Å². The smallest absolute Gasteiger partial charge is 0.252 e. The molecule has 112 valence electrons. The van der Waals surface area contributed by atoms with Crippen molar-refractivity contribution in [2.75, 3.05) is 0 Å². The second kappa shape index (κ2) is 5.38. The Labute approximate surface area is 142 Å². The Balaban J connectivity index is 1.52. The Kier molecular flexibility index (Phi) is 3.65. The Morgan fingerprint density at radius 1 is 1.00 bits per heavy atom. The molecule has 4 heteroatoms. The lowest BCUT2D eigenvalue weighted by Crippen LogP contribution is -2.55. The molecule has 1 N–H and O–H groups in total. The van der Waals surface area contributed by atoms with Gasteiger partial charge in [0.25, 0.3) is 5.91 Å². The third-order valence-electron chi connectivity index (χ3n) is 5.70. The van der Waals surface area contributed by atoms with Crippen molar-refractivity contribution >= 4 is 37.8 Å². The summed E-state index contributed by atoms with van der Waals surface area (Å²) in [6.45, 7) is 0. The van der Waals surface area contributed by atoms with Crippen molar-refractivity contribution in [2.24, 2.45) is 23.7 Å². The first kappa shape index (κ1) is 14.3. The van der Waals surface area contributed by atoms with E-state index in [9.17, 15) is 4.79 Å². The molecule has 0 spiro atoms. The quantitative estimate of drug-likeness (QED) is 0.744. The molecule has 0 aliphatic heterocycles. The molecular formula is C17H19Br2NO. The van der Waals surface area contributed by atoms with Crippen LogP contribution >= 0.6 is 31.9 Å². The van der Waals surface area contributed by atoms with Crippen LogP contribution in [-0.4, -0.2) is 11.9 Å². The minimum atomic E-state index is 0.0758. The van der Waals surface area contributed by atoms with Crippen LogP contribution in [0, 0.1) is 23.7 Å². The van der Waals surface area contributed by atoms with E-state index in [2.05, 4.69) is 37.2 Å². The highest BCUT2D eigenvalue weighted by molar-refractivity contribution is 9.11. The lowest BCUT2D eigenvalue weighted by molar-refractivity contribution is -0.0119. The Hall–Kier alpha value is -0.350. The second-order valence-electron chi connectivity index (χ2n) is 7.05. The number of amides is 1. The molecular weight excluding hydrogens is 394 g/mol. The van der Waals surface area contributed by atoms with E-state index in [-0.39, 0.29) is 5.91 Å². The van der Waals surface area contributed by atoms with Crippen LogP contribution in [0.4, 0.5) is 0 Å². The SMILES string of the molecule is O=C(NC1C2CC3CC(C2)CC1C3)c1ccc(Br)cc1Br. The molecule has 5 rings (SSSR count). The van der Waals surface area contributed by atoms with Crippen LogP contribution < -0.4 is 5.32 Å². The monoisotopic (exact) mass is 411 g/mol. The van der Waals surface area contributed by atoms with Gasteiger partial charge in [0.05, 0.1) is 5.56 Å². The van der Waals surface area contributed by atoms with Crippen molar-refractivity contribution in [3.63, 3.8) is 0 Å². The summed E-state index contributed by atoms with van der Waals surface area (Å²) in [4.78, 5) is 12.6. The zero-order valence-electron chi connectivity index (χ0n) is 11.8. The third kappa shape index (κ3) is 2.59. The molecule has 0 radical (unpaired) electrons. The van der Waals surface area contributed by atoms with Crippen LogP contribution in [-0.2, 0) is 0 Å². The standard InChI is InChI=1S/C17H19Br2NO/c18-13-1-2-14(15(19)8-13)17(21)20-16-11-4-9-3-10(6-11)7-12(16)5-9/h1-2,8-12,16H,3-7H2,(H,20,21). The van der Waals surface area contributed by atoms with Crippen LogP contribution in [0.5, 0.6) is 0 Å². The van der Waals surface area contributed by atoms with Crippen LogP contribution in [0.3, 0.4) is 0 Å². The lowest BCUT2D eigenvalue weighted by Gasteiger charge is -2.54. The first-order chi connectivity index (χ1) is 10.1. The summed E-state index contributed by atoms with van der Waals surface area (Å²) < 4.78 is 1.85. The highest BCUT2D eigenvalue weighted by Crippen LogP contribution is 2.53. The molecule has 1 amide bonds. The van der Waals surface area contributed by atoms with Gasteiger partial charge < -0.3 is 5.32 Å². The fourth-order valence-electron chi connectivity index (χ4n) is 5.06. The maximum absolute atomic E-state index is 12.6. The second-order valence-corrected chi connectivity index (χ2v) is 8.82. The molecule has 4 aliphatic carbocycles. The average molecular weight is 413 g/mol. The average Bonchev–Trinajstić information content (AvgIpc) is 2.41. The summed E-state index contributed by atoms with van der Waals surface area (Å²) in [6.07, 6.45) is 6.78. The maximum atomic E-state index is 12.6. The summed E-state index contributed by atoms with van der Waals surface area (Å²) in [5.41, 5.74) is 0.743. The van der Waals surface area contributed by atoms with Gasteiger partial charge in [0, 0.05) is 15.0 Å². The molecule has 1 aromatic rings. The predicted octanol–water partition coefficient (Wildman–Crippen LogP) is 4.77. The van der Waals surface area contributed by atoms with Crippen LogP contribution in [0.2, 0.25) is 0 Å². The molecule has 4 saturated carbocycles. The first-order valence-corrected chi connectivity index (χ1v) is 9.44. The normalized spacial score (nSPS) is 36.8. The third-order valence-corrected chi connectivity index (χ3v) is 6.85. The van der Waals surface area contributed by atoms with E-state index in [0.29, 0.717) is 6.04 Å². The molecule has 4 bridgehead atoms. The van der Waals surface area contributed by atoms with Gasteiger partial charge in [0.2, 0.25) is 0 Å². The summed E-state index contributed by atoms with van der Waals surface area (Å²) in [7, 11) is 0. The predicted molar refractivity (Wildman–Crippen MR) is 90.1 cm³/mol. The van der Waals surface area contributed by atoms with Gasteiger partial charge in [0.1, 0.15) is 0 Å². The van der Waals surface area contributed by atoms with Crippen molar-refractivity contribution in [3.05, 3.63) is 32.7 Å². The fraction of sp³-hybridized carbons (Fsp3) is 0.588. The van der Waals surface area contributed by atoms with Gasteiger partial charge in [-0.15, -0.1) is 0 Å². The van der Waals surface area contributed by atoms with E-state index >= 15 is 0 Å². The fourth-order valence-corrected chi connectivity index (χ4v) is 6.29. The number of nitrogens with one attached hydrogen (secondary N) is 1. The lowest BCUT2D eigenvalue weighted by atomic mass is 9.54. The van der Waals surface area contributed by atoms with Crippen molar-refractivity contribution in [1.82, 2.24) is 5.32 Å².